The molecule has 1 atom stereocenters. The third-order valence-corrected chi connectivity index (χ3v) is 5.75. The van der Waals surface area contributed by atoms with Gasteiger partial charge in [-0.2, -0.15) is 5.10 Å². The minimum Gasteiger partial charge on any atom is -0.345 e. The molecule has 1 heterocycles. The van der Waals surface area contributed by atoms with Gasteiger partial charge in [0.2, 0.25) is 0 Å². The molecule has 142 valence electrons. The summed E-state index contributed by atoms with van der Waals surface area (Å²) in [6.07, 6.45) is 4.12. The molecular formula is C21H20N4O2S. The Labute approximate surface area is 167 Å². The van der Waals surface area contributed by atoms with Crippen molar-refractivity contribution in [1.82, 2.24) is 15.5 Å². The first-order chi connectivity index (χ1) is 13.7. The Hall–Kier alpha value is -3.06. The number of aryl methyl sites for hydroxylation is 1. The number of anilines is 1. The fourth-order valence-corrected chi connectivity index (χ4v) is 4.16. The monoisotopic (exact) mass is 392 g/mol. The van der Waals surface area contributed by atoms with Gasteiger partial charge in [-0.05, 0) is 42.7 Å². The van der Waals surface area contributed by atoms with Crippen molar-refractivity contribution in [3.63, 3.8) is 0 Å². The molecule has 3 N–H and O–H groups in total. The summed E-state index contributed by atoms with van der Waals surface area (Å²) < 4.78 is 0. The lowest BCUT2D eigenvalue weighted by atomic mass is 9.94. The molecule has 0 unspecified atom stereocenters. The van der Waals surface area contributed by atoms with E-state index in [-0.39, 0.29) is 6.04 Å². The first-order valence-corrected chi connectivity index (χ1v) is 9.95. The van der Waals surface area contributed by atoms with E-state index in [0.717, 1.165) is 28.3 Å². The summed E-state index contributed by atoms with van der Waals surface area (Å²) in [5, 5.41) is 12.6. The van der Waals surface area contributed by atoms with E-state index in [0.29, 0.717) is 12.1 Å². The molecule has 0 fully saturated rings. The molecule has 7 heteroatoms. The van der Waals surface area contributed by atoms with Crippen LogP contribution in [0.25, 0.3) is 0 Å². The lowest BCUT2D eigenvalue weighted by Crippen LogP contribution is -2.44. The number of carbonyl (C=O) groups excluding carboxylic acids is 2. The molecule has 2 aromatic carbocycles. The summed E-state index contributed by atoms with van der Waals surface area (Å²) in [5.74, 6) is -1.27. The quantitative estimate of drug-likeness (QED) is 0.595. The first kappa shape index (κ1) is 18.3. The number of aromatic amines is 1. The van der Waals surface area contributed by atoms with Gasteiger partial charge in [-0.1, -0.05) is 42.1 Å². The summed E-state index contributed by atoms with van der Waals surface area (Å²) >= 11 is 1.54. The van der Waals surface area contributed by atoms with Crippen LogP contribution in [-0.2, 0) is 22.4 Å². The van der Waals surface area contributed by atoms with Gasteiger partial charge in [-0.15, -0.1) is 0 Å². The Bertz CT molecular complexity index is 987. The Morgan fingerprint density at radius 2 is 1.82 bits per heavy atom. The lowest BCUT2D eigenvalue weighted by molar-refractivity contribution is -0.136. The van der Waals surface area contributed by atoms with Gasteiger partial charge in [0.15, 0.2) is 0 Å². The number of nitrogens with one attached hydrogen (secondary N) is 3. The number of hydrogen-bond donors (Lipinski definition) is 3. The zero-order valence-electron chi connectivity index (χ0n) is 15.1. The molecule has 1 aliphatic rings. The second-order valence-electron chi connectivity index (χ2n) is 6.65. The standard InChI is InChI=1S/C21H20N4O2S/c26-20(23-15-11-10-14-13-22-25-18(14)12-15)21(27)24-17-8-4-5-9-19(17)28-16-6-2-1-3-7-16/h1-9,13,15H,10-12H2,(H,22,25)(H,23,26)(H,24,27)/t15-/m0/s1. The number of hydrogen-bond acceptors (Lipinski definition) is 4. The van der Waals surface area contributed by atoms with E-state index in [4.69, 9.17) is 0 Å². The number of fused-ring (bicyclic) bond motifs is 1. The smallest absolute Gasteiger partial charge is 0.313 e. The summed E-state index contributed by atoms with van der Waals surface area (Å²) in [6.45, 7) is 0. The van der Waals surface area contributed by atoms with Gasteiger partial charge in [-0.25, -0.2) is 0 Å². The van der Waals surface area contributed by atoms with Crippen molar-refractivity contribution < 1.29 is 9.59 Å². The van der Waals surface area contributed by atoms with Crippen LogP contribution in [0.5, 0.6) is 0 Å². The molecule has 0 saturated heterocycles. The second kappa shape index (κ2) is 8.31. The minimum absolute atomic E-state index is 0.0693. The molecule has 28 heavy (non-hydrogen) atoms. The zero-order chi connectivity index (χ0) is 19.3. The molecule has 3 aromatic rings. The fraction of sp³-hybridized carbons (Fsp3) is 0.190. The molecular weight excluding hydrogens is 372 g/mol. The van der Waals surface area contributed by atoms with E-state index in [9.17, 15) is 9.59 Å². The first-order valence-electron chi connectivity index (χ1n) is 9.14. The third kappa shape index (κ3) is 4.26. The molecule has 1 aromatic heterocycles. The number of aromatic nitrogens is 2. The van der Waals surface area contributed by atoms with Gasteiger partial charge in [0, 0.05) is 27.9 Å². The fourth-order valence-electron chi connectivity index (χ4n) is 3.24. The van der Waals surface area contributed by atoms with Gasteiger partial charge in [0.25, 0.3) is 0 Å². The molecule has 0 saturated carbocycles. The number of nitrogens with zero attached hydrogens (tertiary/aromatic N) is 1. The topological polar surface area (TPSA) is 86.9 Å². The van der Waals surface area contributed by atoms with Crippen molar-refractivity contribution in [3.8, 4) is 0 Å². The van der Waals surface area contributed by atoms with Gasteiger partial charge in [0.1, 0.15) is 0 Å². The van der Waals surface area contributed by atoms with Gasteiger partial charge in [-0.3, -0.25) is 14.7 Å². The number of rotatable bonds is 4. The van der Waals surface area contributed by atoms with Crippen LogP contribution in [0.1, 0.15) is 17.7 Å². The molecule has 6 nitrogen and oxygen atoms in total. The van der Waals surface area contributed by atoms with E-state index >= 15 is 0 Å². The zero-order valence-corrected chi connectivity index (χ0v) is 16.0. The van der Waals surface area contributed by atoms with Gasteiger partial charge >= 0.3 is 11.8 Å². The molecule has 4 rings (SSSR count). The number of para-hydroxylation sites is 1. The van der Waals surface area contributed by atoms with E-state index in [2.05, 4.69) is 20.8 Å². The molecule has 0 aliphatic heterocycles. The van der Waals surface area contributed by atoms with Crippen LogP contribution in [0.2, 0.25) is 0 Å². The Morgan fingerprint density at radius 1 is 1.04 bits per heavy atom. The number of benzene rings is 2. The molecule has 0 bridgehead atoms. The van der Waals surface area contributed by atoms with Crippen LogP contribution in [0.4, 0.5) is 5.69 Å². The highest BCUT2D eigenvalue weighted by Gasteiger charge is 2.24. The highest BCUT2D eigenvalue weighted by Crippen LogP contribution is 2.33. The highest BCUT2D eigenvalue weighted by atomic mass is 32.2. The van der Waals surface area contributed by atoms with Gasteiger partial charge < -0.3 is 10.6 Å². The van der Waals surface area contributed by atoms with Crippen LogP contribution in [0.3, 0.4) is 0 Å². The van der Waals surface area contributed by atoms with E-state index in [1.165, 1.54) is 17.3 Å². The SMILES string of the molecule is O=C(Nc1ccccc1Sc1ccccc1)C(=O)N[C@H]1CCc2cn[nH]c2C1. The van der Waals surface area contributed by atoms with Crippen molar-refractivity contribution in [2.24, 2.45) is 0 Å². The van der Waals surface area contributed by atoms with Gasteiger partial charge in [0.05, 0.1) is 11.9 Å². The Balaban J connectivity index is 1.39. The highest BCUT2D eigenvalue weighted by molar-refractivity contribution is 7.99. The summed E-state index contributed by atoms with van der Waals surface area (Å²) in [7, 11) is 0. The maximum atomic E-state index is 12.4. The number of carbonyl (C=O) groups is 2. The summed E-state index contributed by atoms with van der Waals surface area (Å²) in [6, 6.07) is 17.3. The second-order valence-corrected chi connectivity index (χ2v) is 7.77. The molecule has 0 radical (unpaired) electrons. The van der Waals surface area contributed by atoms with Crippen molar-refractivity contribution in [2.75, 3.05) is 5.32 Å². The predicted molar refractivity (Wildman–Crippen MR) is 108 cm³/mol. The number of H-pyrrole nitrogens is 1. The Kier molecular flexibility index (Phi) is 5.43. The normalized spacial score (nSPS) is 15.5. The Morgan fingerprint density at radius 3 is 2.68 bits per heavy atom. The van der Waals surface area contributed by atoms with E-state index in [1.807, 2.05) is 54.7 Å². The maximum absolute atomic E-state index is 12.4. The average Bonchev–Trinajstić information content (AvgIpc) is 3.18. The maximum Gasteiger partial charge on any atom is 0.313 e. The number of amides is 2. The van der Waals surface area contributed by atoms with Crippen molar-refractivity contribution >= 4 is 29.3 Å². The van der Waals surface area contributed by atoms with E-state index < -0.39 is 11.8 Å². The van der Waals surface area contributed by atoms with E-state index in [1.54, 1.807) is 6.07 Å². The molecule has 1 aliphatic carbocycles. The largest absolute Gasteiger partial charge is 0.345 e. The third-order valence-electron chi connectivity index (χ3n) is 4.67. The minimum atomic E-state index is -0.656. The van der Waals surface area contributed by atoms with Crippen molar-refractivity contribution in [1.29, 1.82) is 0 Å². The van der Waals surface area contributed by atoms with Crippen LogP contribution in [-0.4, -0.2) is 28.1 Å². The molecule has 0 spiro atoms. The summed E-state index contributed by atoms with van der Waals surface area (Å²) in [5.41, 5.74) is 2.83. The predicted octanol–water partition coefficient (Wildman–Crippen LogP) is 3.17. The van der Waals surface area contributed by atoms with Crippen LogP contribution < -0.4 is 10.6 Å². The van der Waals surface area contributed by atoms with Crippen LogP contribution >= 0.6 is 11.8 Å². The van der Waals surface area contributed by atoms with Crippen LogP contribution in [0.15, 0.2) is 70.6 Å². The summed E-state index contributed by atoms with van der Waals surface area (Å²) in [4.78, 5) is 26.8. The van der Waals surface area contributed by atoms with Crippen molar-refractivity contribution in [3.05, 3.63) is 72.1 Å². The average molecular weight is 392 g/mol. The van der Waals surface area contributed by atoms with Crippen LogP contribution in [0, 0.1) is 0 Å². The van der Waals surface area contributed by atoms with Crippen molar-refractivity contribution in [2.45, 2.75) is 35.1 Å². The molecule has 2 amide bonds. The lowest BCUT2D eigenvalue weighted by Gasteiger charge is -2.22.